The Hall–Kier alpha value is -3.02. The molecule has 22 heavy (non-hydrogen) atoms. The minimum Gasteiger partial charge on any atom is -0.504 e. The second kappa shape index (κ2) is 7.68. The van der Waals surface area contributed by atoms with E-state index in [2.05, 4.69) is 10.5 Å². The quantitative estimate of drug-likeness (QED) is 0.631. The summed E-state index contributed by atoms with van der Waals surface area (Å²) >= 11 is 0. The third-order valence-corrected chi connectivity index (χ3v) is 2.74. The normalized spacial score (nSPS) is 10.4. The van der Waals surface area contributed by atoms with Gasteiger partial charge in [0.05, 0.1) is 13.3 Å². The number of carbonyl (C=O) groups is 1. The summed E-state index contributed by atoms with van der Waals surface area (Å²) in [6, 6.07) is 13.6. The molecular formula is C16H16N2O4. The number of rotatable bonds is 6. The van der Waals surface area contributed by atoms with E-state index >= 15 is 0 Å². The van der Waals surface area contributed by atoms with Gasteiger partial charge in [-0.25, -0.2) is 5.43 Å². The molecular weight excluding hydrogens is 284 g/mol. The zero-order chi connectivity index (χ0) is 15.8. The number of nitrogens with zero attached hydrogens (tertiary/aromatic N) is 1. The Morgan fingerprint density at radius 1 is 1.23 bits per heavy atom. The van der Waals surface area contributed by atoms with Crippen molar-refractivity contribution in [2.45, 2.75) is 0 Å². The Labute approximate surface area is 128 Å². The Kier molecular flexibility index (Phi) is 5.37. The van der Waals surface area contributed by atoms with E-state index in [0.29, 0.717) is 0 Å². The summed E-state index contributed by atoms with van der Waals surface area (Å²) in [7, 11) is 1.59. The molecule has 2 rings (SSSR count). The molecule has 0 aliphatic carbocycles. The lowest BCUT2D eigenvalue weighted by atomic mass is 10.2. The van der Waals surface area contributed by atoms with Crippen LogP contribution in [0.25, 0.3) is 0 Å². The van der Waals surface area contributed by atoms with E-state index in [1.54, 1.807) is 37.4 Å². The molecule has 2 N–H and O–H groups in total. The predicted molar refractivity (Wildman–Crippen MR) is 82.3 cm³/mol. The van der Waals surface area contributed by atoms with E-state index < -0.39 is 5.91 Å². The Morgan fingerprint density at radius 3 is 2.64 bits per heavy atom. The topological polar surface area (TPSA) is 80.2 Å². The van der Waals surface area contributed by atoms with Crippen LogP contribution in [0.15, 0.2) is 53.6 Å². The number of aromatic hydroxyl groups is 1. The highest BCUT2D eigenvalue weighted by atomic mass is 16.5. The molecule has 0 unspecified atom stereocenters. The van der Waals surface area contributed by atoms with Gasteiger partial charge in [-0.1, -0.05) is 12.1 Å². The van der Waals surface area contributed by atoms with E-state index in [1.165, 1.54) is 12.3 Å². The molecule has 114 valence electrons. The molecule has 0 atom stereocenters. The number of phenolic OH excluding ortho intramolecular Hbond substituents is 1. The number of phenols is 1. The maximum Gasteiger partial charge on any atom is 0.277 e. The van der Waals surface area contributed by atoms with Gasteiger partial charge < -0.3 is 14.6 Å². The van der Waals surface area contributed by atoms with Crippen molar-refractivity contribution in [1.29, 1.82) is 0 Å². The number of nitrogens with one attached hydrogen (secondary N) is 1. The van der Waals surface area contributed by atoms with Crippen LogP contribution in [-0.4, -0.2) is 30.9 Å². The first-order valence-electron chi connectivity index (χ1n) is 6.56. The molecule has 0 spiro atoms. The zero-order valence-corrected chi connectivity index (χ0v) is 12.0. The average molecular weight is 300 g/mol. The summed E-state index contributed by atoms with van der Waals surface area (Å²) < 4.78 is 10.2. The lowest BCUT2D eigenvalue weighted by molar-refractivity contribution is -0.123. The van der Waals surface area contributed by atoms with Gasteiger partial charge >= 0.3 is 0 Å². The molecule has 0 saturated carbocycles. The number of ether oxygens (including phenoxy) is 2. The van der Waals surface area contributed by atoms with E-state index in [0.717, 1.165) is 11.3 Å². The van der Waals surface area contributed by atoms with Crippen molar-refractivity contribution >= 4 is 12.1 Å². The van der Waals surface area contributed by atoms with Crippen LogP contribution in [0.3, 0.4) is 0 Å². The van der Waals surface area contributed by atoms with Gasteiger partial charge in [-0.3, -0.25) is 4.79 Å². The third kappa shape index (κ3) is 4.52. The highest BCUT2D eigenvalue weighted by Crippen LogP contribution is 2.23. The Morgan fingerprint density at radius 2 is 1.95 bits per heavy atom. The number of para-hydroxylation sites is 2. The summed E-state index contributed by atoms with van der Waals surface area (Å²) in [5.74, 6) is 0.555. The summed E-state index contributed by atoms with van der Waals surface area (Å²) in [5, 5.41) is 13.3. The van der Waals surface area contributed by atoms with Crippen LogP contribution in [0.1, 0.15) is 5.56 Å². The van der Waals surface area contributed by atoms with Gasteiger partial charge in [0.25, 0.3) is 5.91 Å². The first-order valence-corrected chi connectivity index (χ1v) is 6.56. The van der Waals surface area contributed by atoms with Crippen molar-refractivity contribution in [2.24, 2.45) is 5.10 Å². The van der Waals surface area contributed by atoms with Crippen molar-refractivity contribution < 1.29 is 19.4 Å². The van der Waals surface area contributed by atoms with Crippen LogP contribution >= 0.6 is 0 Å². The van der Waals surface area contributed by atoms with Crippen LogP contribution in [0.4, 0.5) is 0 Å². The molecule has 0 heterocycles. The molecule has 0 radical (unpaired) electrons. The van der Waals surface area contributed by atoms with Crippen LogP contribution in [0.2, 0.25) is 0 Å². The highest BCUT2D eigenvalue weighted by Gasteiger charge is 2.04. The fourth-order valence-corrected chi connectivity index (χ4v) is 1.62. The molecule has 0 fully saturated rings. The van der Waals surface area contributed by atoms with E-state index in [1.807, 2.05) is 12.1 Å². The second-order valence-electron chi connectivity index (χ2n) is 4.32. The standard InChI is InChI=1S/C16H16N2O4/c1-21-13-8-6-12(7-9-13)10-17-18-16(20)11-22-15-5-3-2-4-14(15)19/h2-10,19H,11H2,1H3,(H,18,20)/b17-10+. The van der Waals surface area contributed by atoms with Gasteiger partial charge in [0.1, 0.15) is 5.75 Å². The van der Waals surface area contributed by atoms with Crippen molar-refractivity contribution in [1.82, 2.24) is 5.43 Å². The van der Waals surface area contributed by atoms with Gasteiger partial charge in [0, 0.05) is 0 Å². The molecule has 0 aromatic heterocycles. The van der Waals surface area contributed by atoms with Crippen LogP contribution in [0, 0.1) is 0 Å². The lowest BCUT2D eigenvalue weighted by Crippen LogP contribution is -2.24. The molecule has 0 bridgehead atoms. The second-order valence-corrected chi connectivity index (χ2v) is 4.32. The van der Waals surface area contributed by atoms with E-state index in [4.69, 9.17) is 9.47 Å². The number of hydrazone groups is 1. The van der Waals surface area contributed by atoms with Gasteiger partial charge in [0.2, 0.25) is 0 Å². The number of methoxy groups -OCH3 is 1. The maximum absolute atomic E-state index is 11.6. The summed E-state index contributed by atoms with van der Waals surface area (Å²) in [4.78, 5) is 11.6. The SMILES string of the molecule is COc1ccc(/C=N/NC(=O)COc2ccccc2O)cc1. The minimum atomic E-state index is -0.423. The van der Waals surface area contributed by atoms with E-state index in [9.17, 15) is 9.90 Å². The smallest absolute Gasteiger partial charge is 0.277 e. The van der Waals surface area contributed by atoms with Crippen LogP contribution < -0.4 is 14.9 Å². The molecule has 0 aliphatic heterocycles. The Balaban J connectivity index is 1.79. The average Bonchev–Trinajstić information content (AvgIpc) is 2.55. The molecule has 0 saturated heterocycles. The highest BCUT2D eigenvalue weighted by molar-refractivity contribution is 5.83. The lowest BCUT2D eigenvalue weighted by Gasteiger charge is -2.06. The largest absolute Gasteiger partial charge is 0.504 e. The number of benzene rings is 2. The zero-order valence-electron chi connectivity index (χ0n) is 12.0. The van der Waals surface area contributed by atoms with Crippen molar-refractivity contribution in [3.8, 4) is 17.2 Å². The monoisotopic (exact) mass is 300 g/mol. The molecule has 2 aromatic carbocycles. The van der Waals surface area contributed by atoms with Gasteiger partial charge in [0.15, 0.2) is 18.1 Å². The van der Waals surface area contributed by atoms with Crippen molar-refractivity contribution in [3.63, 3.8) is 0 Å². The molecule has 6 heteroatoms. The number of carbonyl (C=O) groups excluding carboxylic acids is 1. The van der Waals surface area contributed by atoms with Crippen LogP contribution in [0.5, 0.6) is 17.2 Å². The molecule has 6 nitrogen and oxygen atoms in total. The summed E-state index contributed by atoms with van der Waals surface area (Å²) in [6.07, 6.45) is 1.51. The first kappa shape index (κ1) is 15.4. The fourth-order valence-electron chi connectivity index (χ4n) is 1.62. The van der Waals surface area contributed by atoms with Gasteiger partial charge in [-0.2, -0.15) is 5.10 Å². The Bertz CT molecular complexity index is 653. The number of amides is 1. The molecule has 0 aliphatic rings. The summed E-state index contributed by atoms with van der Waals surface area (Å²) in [6.45, 7) is -0.239. The third-order valence-electron chi connectivity index (χ3n) is 2.74. The number of hydrogen-bond donors (Lipinski definition) is 2. The first-order chi connectivity index (χ1) is 10.7. The maximum atomic E-state index is 11.6. The molecule has 2 aromatic rings. The number of hydrogen-bond acceptors (Lipinski definition) is 5. The predicted octanol–water partition coefficient (Wildman–Crippen LogP) is 1.93. The molecule has 1 amide bonds. The van der Waals surface area contributed by atoms with Crippen molar-refractivity contribution in [2.75, 3.05) is 13.7 Å². The van der Waals surface area contributed by atoms with E-state index in [-0.39, 0.29) is 18.1 Å². The van der Waals surface area contributed by atoms with Crippen LogP contribution in [-0.2, 0) is 4.79 Å². The van der Waals surface area contributed by atoms with Gasteiger partial charge in [-0.05, 0) is 42.0 Å². The minimum absolute atomic E-state index is 0.0166. The van der Waals surface area contributed by atoms with Crippen molar-refractivity contribution in [3.05, 3.63) is 54.1 Å². The van der Waals surface area contributed by atoms with Gasteiger partial charge in [-0.15, -0.1) is 0 Å². The summed E-state index contributed by atoms with van der Waals surface area (Å²) in [5.41, 5.74) is 3.16. The fraction of sp³-hybridized carbons (Fsp3) is 0.125.